The molecule has 26 heavy (non-hydrogen) atoms. The molecule has 2 N–H and O–H groups in total. The molecule has 1 atom stereocenters. The van der Waals surface area contributed by atoms with Crippen molar-refractivity contribution in [1.29, 1.82) is 0 Å². The molecule has 0 spiro atoms. The Hall–Kier alpha value is -1.06. The molecule has 1 aromatic carbocycles. The van der Waals surface area contributed by atoms with Gasteiger partial charge < -0.3 is 20.1 Å². The van der Waals surface area contributed by atoms with E-state index < -0.39 is 0 Å². The minimum Gasteiger partial charge on any atom is -0.497 e. The summed E-state index contributed by atoms with van der Waals surface area (Å²) in [6.45, 7) is 12.4. The molecule has 1 fully saturated rings. The van der Waals surface area contributed by atoms with E-state index in [9.17, 15) is 0 Å². The van der Waals surface area contributed by atoms with E-state index in [0.717, 1.165) is 56.7 Å². The Morgan fingerprint density at radius 3 is 2.65 bits per heavy atom. The number of aryl methyl sites for hydroxylation is 1. The lowest BCUT2D eigenvalue weighted by molar-refractivity contribution is 0.0211. The van der Waals surface area contributed by atoms with E-state index in [0.29, 0.717) is 12.6 Å². The van der Waals surface area contributed by atoms with Crippen molar-refractivity contribution in [2.45, 2.75) is 33.4 Å². The maximum absolute atomic E-state index is 5.42. The number of nitrogens with zero attached hydrogens (tertiary/aromatic N) is 2. The average molecular weight is 476 g/mol. The largest absolute Gasteiger partial charge is 0.497 e. The van der Waals surface area contributed by atoms with Crippen molar-refractivity contribution >= 4 is 29.9 Å². The molecule has 7 heteroatoms. The fraction of sp³-hybridized carbons (Fsp3) is 0.632. The summed E-state index contributed by atoms with van der Waals surface area (Å²) in [7, 11) is 1.69. The van der Waals surface area contributed by atoms with Crippen molar-refractivity contribution < 1.29 is 9.47 Å². The number of benzene rings is 1. The summed E-state index contributed by atoms with van der Waals surface area (Å²) in [6.07, 6.45) is 0. The molecule has 1 aliphatic heterocycles. The van der Waals surface area contributed by atoms with Crippen LogP contribution in [0.1, 0.15) is 25.0 Å². The van der Waals surface area contributed by atoms with Crippen molar-refractivity contribution in [2.24, 2.45) is 4.99 Å². The van der Waals surface area contributed by atoms with E-state index in [1.165, 1.54) is 5.56 Å². The summed E-state index contributed by atoms with van der Waals surface area (Å²) in [5.41, 5.74) is 2.33. The van der Waals surface area contributed by atoms with Crippen LogP contribution in [-0.4, -0.2) is 63.4 Å². The Balaban J connectivity index is 0.00000338. The normalized spacial score (nSPS) is 16.5. The van der Waals surface area contributed by atoms with Crippen LogP contribution >= 0.6 is 24.0 Å². The molecule has 0 amide bonds. The van der Waals surface area contributed by atoms with Crippen molar-refractivity contribution in [3.05, 3.63) is 29.3 Å². The highest BCUT2D eigenvalue weighted by Gasteiger charge is 2.16. The third kappa shape index (κ3) is 7.67. The smallest absolute Gasteiger partial charge is 0.191 e. The van der Waals surface area contributed by atoms with Gasteiger partial charge in [-0.05, 0) is 44.0 Å². The van der Waals surface area contributed by atoms with Gasteiger partial charge >= 0.3 is 0 Å². The number of guanidine groups is 1. The first-order valence-electron chi connectivity index (χ1n) is 9.11. The molecule has 6 nitrogen and oxygen atoms in total. The number of halogens is 1. The Kier molecular flexibility index (Phi) is 10.9. The van der Waals surface area contributed by atoms with Gasteiger partial charge in [0.2, 0.25) is 0 Å². The van der Waals surface area contributed by atoms with Crippen LogP contribution in [0.5, 0.6) is 5.75 Å². The van der Waals surface area contributed by atoms with Crippen LogP contribution < -0.4 is 15.4 Å². The van der Waals surface area contributed by atoms with Crippen molar-refractivity contribution in [1.82, 2.24) is 15.5 Å². The Morgan fingerprint density at radius 2 is 2.00 bits per heavy atom. The lowest BCUT2D eigenvalue weighted by atomic mass is 10.1. The summed E-state index contributed by atoms with van der Waals surface area (Å²) in [4.78, 5) is 7.16. The third-order valence-electron chi connectivity index (χ3n) is 4.34. The van der Waals surface area contributed by atoms with Crippen LogP contribution in [0.25, 0.3) is 0 Å². The van der Waals surface area contributed by atoms with Gasteiger partial charge in [-0.25, -0.2) is 4.99 Å². The van der Waals surface area contributed by atoms with Crippen LogP contribution in [0.4, 0.5) is 0 Å². The summed E-state index contributed by atoms with van der Waals surface area (Å²) >= 11 is 0. The molecule has 148 valence electrons. The minimum absolute atomic E-state index is 0. The van der Waals surface area contributed by atoms with Crippen LogP contribution in [0, 0.1) is 6.92 Å². The first-order valence-corrected chi connectivity index (χ1v) is 9.11. The predicted molar refractivity (Wildman–Crippen MR) is 118 cm³/mol. The second-order valence-electron chi connectivity index (χ2n) is 6.43. The Morgan fingerprint density at radius 1 is 1.27 bits per heavy atom. The van der Waals surface area contributed by atoms with Gasteiger partial charge in [-0.2, -0.15) is 0 Å². The van der Waals surface area contributed by atoms with Gasteiger partial charge in [0, 0.05) is 32.2 Å². The van der Waals surface area contributed by atoms with E-state index in [-0.39, 0.29) is 24.0 Å². The number of methoxy groups -OCH3 is 1. The van der Waals surface area contributed by atoms with Gasteiger partial charge in [0.05, 0.1) is 26.9 Å². The zero-order valence-corrected chi connectivity index (χ0v) is 18.7. The molecule has 2 rings (SSSR count). The fourth-order valence-electron chi connectivity index (χ4n) is 2.94. The molecular formula is C19H33IN4O2. The number of hydrogen-bond donors (Lipinski definition) is 2. The standard InChI is InChI=1S/C19H32N4O2.HI/c1-5-20-19(21-13-16(3)23-6-8-25-9-7-23)22-14-17-10-15(2)11-18(12-17)24-4;/h10-12,16H,5-9,13-14H2,1-4H3,(H2,20,21,22);1H. The first kappa shape index (κ1) is 23.0. The van der Waals surface area contributed by atoms with E-state index in [1.807, 2.05) is 12.1 Å². The summed E-state index contributed by atoms with van der Waals surface area (Å²) in [5, 5.41) is 6.78. The number of rotatable bonds is 7. The highest BCUT2D eigenvalue weighted by Crippen LogP contribution is 2.17. The first-order chi connectivity index (χ1) is 12.1. The topological polar surface area (TPSA) is 58.1 Å². The highest BCUT2D eigenvalue weighted by molar-refractivity contribution is 14.0. The number of morpholine rings is 1. The van der Waals surface area contributed by atoms with E-state index in [1.54, 1.807) is 7.11 Å². The van der Waals surface area contributed by atoms with Gasteiger partial charge in [0.1, 0.15) is 5.75 Å². The van der Waals surface area contributed by atoms with Crippen LogP contribution in [0.15, 0.2) is 23.2 Å². The number of nitrogens with one attached hydrogen (secondary N) is 2. The molecule has 0 aliphatic carbocycles. The maximum Gasteiger partial charge on any atom is 0.191 e. The van der Waals surface area contributed by atoms with Crippen molar-refractivity contribution in [3.8, 4) is 5.75 Å². The van der Waals surface area contributed by atoms with E-state index in [4.69, 9.17) is 14.5 Å². The molecule has 0 bridgehead atoms. The zero-order valence-electron chi connectivity index (χ0n) is 16.4. The van der Waals surface area contributed by atoms with Gasteiger partial charge in [0.15, 0.2) is 5.96 Å². The molecule has 1 aliphatic rings. The summed E-state index contributed by atoms with van der Waals surface area (Å²) < 4.78 is 10.8. The van der Waals surface area contributed by atoms with Gasteiger partial charge in [-0.3, -0.25) is 4.90 Å². The number of ether oxygens (including phenoxy) is 2. The van der Waals surface area contributed by atoms with Gasteiger partial charge in [0.25, 0.3) is 0 Å². The Bertz CT molecular complexity index is 562. The lowest BCUT2D eigenvalue weighted by Gasteiger charge is -2.32. The summed E-state index contributed by atoms with van der Waals surface area (Å²) in [6, 6.07) is 6.66. The van der Waals surface area contributed by atoms with Gasteiger partial charge in [-0.15, -0.1) is 24.0 Å². The maximum atomic E-state index is 5.42. The van der Waals surface area contributed by atoms with Crippen molar-refractivity contribution in [2.75, 3.05) is 46.5 Å². The predicted octanol–water partition coefficient (Wildman–Crippen LogP) is 2.40. The number of aliphatic imine (C=N–C) groups is 1. The Labute approximate surface area is 174 Å². The molecule has 0 radical (unpaired) electrons. The third-order valence-corrected chi connectivity index (χ3v) is 4.34. The minimum atomic E-state index is 0. The molecule has 0 saturated carbocycles. The molecule has 1 saturated heterocycles. The van der Waals surface area contributed by atoms with Crippen LogP contribution in [0.3, 0.4) is 0 Å². The van der Waals surface area contributed by atoms with E-state index >= 15 is 0 Å². The molecule has 1 heterocycles. The van der Waals surface area contributed by atoms with Crippen LogP contribution in [-0.2, 0) is 11.3 Å². The molecule has 1 unspecified atom stereocenters. The van der Waals surface area contributed by atoms with Crippen LogP contribution in [0.2, 0.25) is 0 Å². The fourth-order valence-corrected chi connectivity index (χ4v) is 2.94. The quantitative estimate of drug-likeness (QED) is 0.360. The second kappa shape index (κ2) is 12.3. The molecule has 1 aromatic rings. The van der Waals surface area contributed by atoms with Crippen molar-refractivity contribution in [3.63, 3.8) is 0 Å². The SMILES string of the molecule is CCNC(=NCc1cc(C)cc(OC)c1)NCC(C)N1CCOCC1.I. The monoisotopic (exact) mass is 476 g/mol. The molecular weight excluding hydrogens is 443 g/mol. The summed E-state index contributed by atoms with van der Waals surface area (Å²) in [5.74, 6) is 1.73. The number of hydrogen-bond acceptors (Lipinski definition) is 4. The van der Waals surface area contributed by atoms with Gasteiger partial charge in [-0.1, -0.05) is 6.07 Å². The average Bonchev–Trinajstić information content (AvgIpc) is 2.64. The lowest BCUT2D eigenvalue weighted by Crippen LogP contribution is -2.49. The molecule has 0 aromatic heterocycles. The zero-order chi connectivity index (χ0) is 18.1. The highest BCUT2D eigenvalue weighted by atomic mass is 127. The second-order valence-corrected chi connectivity index (χ2v) is 6.43. The van der Waals surface area contributed by atoms with E-state index in [2.05, 4.69) is 42.4 Å².